The molecule has 0 aliphatic heterocycles. The lowest BCUT2D eigenvalue weighted by Gasteiger charge is -2.20. The Hall–Kier alpha value is -1.00. The maximum atomic E-state index is 6.22. The largest absolute Gasteiger partial charge is 0.309 e. The average Bonchev–Trinajstić information content (AvgIpc) is 2.93. The fourth-order valence-electron chi connectivity index (χ4n) is 3.26. The summed E-state index contributed by atoms with van der Waals surface area (Å²) in [5.74, 6) is 2.82. The van der Waals surface area contributed by atoms with Gasteiger partial charge in [0.2, 0.25) is 0 Å². The molecule has 1 aliphatic rings. The molecule has 0 amide bonds. The Morgan fingerprint density at radius 2 is 1.96 bits per heavy atom. The van der Waals surface area contributed by atoms with Crippen molar-refractivity contribution in [2.75, 3.05) is 0 Å². The molecule has 124 valence electrons. The lowest BCUT2D eigenvalue weighted by Crippen LogP contribution is -2.09. The minimum Gasteiger partial charge on any atom is -0.309 e. The Kier molecular flexibility index (Phi) is 6.01. The molecule has 1 aliphatic carbocycles. The van der Waals surface area contributed by atoms with E-state index in [2.05, 4.69) is 27.9 Å². The van der Waals surface area contributed by atoms with Crippen LogP contribution >= 0.6 is 23.4 Å². The topological polar surface area (TPSA) is 30.7 Å². The molecular weight excluding hydrogens is 326 g/mol. The van der Waals surface area contributed by atoms with E-state index in [0.29, 0.717) is 0 Å². The molecule has 3 nitrogen and oxygen atoms in total. The quantitative estimate of drug-likeness (QED) is 0.665. The maximum Gasteiger partial charge on any atom is 0.191 e. The molecule has 23 heavy (non-hydrogen) atoms. The van der Waals surface area contributed by atoms with E-state index >= 15 is 0 Å². The third-order valence-corrected chi connectivity index (χ3v) is 6.18. The number of halogens is 1. The molecule has 0 atom stereocenters. The van der Waals surface area contributed by atoms with Gasteiger partial charge in [0.25, 0.3) is 0 Å². The van der Waals surface area contributed by atoms with Crippen LogP contribution in [0.4, 0.5) is 0 Å². The van der Waals surface area contributed by atoms with Crippen LogP contribution in [0.5, 0.6) is 0 Å². The summed E-state index contributed by atoms with van der Waals surface area (Å²) < 4.78 is 2.14. The van der Waals surface area contributed by atoms with Crippen molar-refractivity contribution in [1.82, 2.24) is 14.8 Å². The summed E-state index contributed by atoms with van der Waals surface area (Å²) in [6.07, 6.45) is 9.31. The fraction of sp³-hybridized carbons (Fsp3) is 0.556. The first-order valence-electron chi connectivity index (χ1n) is 8.48. The predicted molar refractivity (Wildman–Crippen MR) is 96.9 cm³/mol. The van der Waals surface area contributed by atoms with E-state index in [1.54, 1.807) is 11.8 Å². The van der Waals surface area contributed by atoms with Crippen LogP contribution in [-0.2, 0) is 19.2 Å². The van der Waals surface area contributed by atoms with Gasteiger partial charge in [-0.05, 0) is 24.0 Å². The molecule has 1 fully saturated rings. The SMILES string of the molecule is Cn1c(CCC2CCCCC2)nnc1SCc1ccccc1Cl. The van der Waals surface area contributed by atoms with Gasteiger partial charge in [-0.25, -0.2) is 0 Å². The average molecular weight is 350 g/mol. The van der Waals surface area contributed by atoms with Gasteiger partial charge in [0.1, 0.15) is 5.82 Å². The van der Waals surface area contributed by atoms with E-state index in [0.717, 1.165) is 39.7 Å². The van der Waals surface area contributed by atoms with E-state index in [1.807, 2.05) is 18.2 Å². The van der Waals surface area contributed by atoms with Gasteiger partial charge >= 0.3 is 0 Å². The summed E-state index contributed by atoms with van der Waals surface area (Å²) in [6.45, 7) is 0. The van der Waals surface area contributed by atoms with Crippen LogP contribution in [0.2, 0.25) is 5.02 Å². The van der Waals surface area contributed by atoms with Gasteiger partial charge in [-0.3, -0.25) is 0 Å². The monoisotopic (exact) mass is 349 g/mol. The highest BCUT2D eigenvalue weighted by Gasteiger charge is 2.16. The number of nitrogens with zero attached hydrogens (tertiary/aromatic N) is 3. The van der Waals surface area contributed by atoms with Gasteiger partial charge in [0.05, 0.1) is 0 Å². The smallest absolute Gasteiger partial charge is 0.191 e. The van der Waals surface area contributed by atoms with Crippen molar-refractivity contribution in [2.24, 2.45) is 13.0 Å². The minimum atomic E-state index is 0.819. The first kappa shape index (κ1) is 16.8. The van der Waals surface area contributed by atoms with Gasteiger partial charge in [-0.1, -0.05) is 73.7 Å². The van der Waals surface area contributed by atoms with Crippen molar-refractivity contribution in [3.63, 3.8) is 0 Å². The van der Waals surface area contributed by atoms with E-state index in [-0.39, 0.29) is 0 Å². The van der Waals surface area contributed by atoms with Gasteiger partial charge in [-0.2, -0.15) is 0 Å². The third-order valence-electron chi connectivity index (χ3n) is 4.74. The van der Waals surface area contributed by atoms with Crippen molar-refractivity contribution in [2.45, 2.75) is 55.9 Å². The molecule has 0 bridgehead atoms. The zero-order chi connectivity index (χ0) is 16.1. The second-order valence-corrected chi connectivity index (χ2v) is 7.73. The lowest BCUT2D eigenvalue weighted by atomic mass is 9.86. The third kappa shape index (κ3) is 4.51. The molecule has 1 aromatic carbocycles. The van der Waals surface area contributed by atoms with Crippen molar-refractivity contribution in [3.8, 4) is 0 Å². The van der Waals surface area contributed by atoms with Crippen LogP contribution in [0, 0.1) is 5.92 Å². The molecule has 3 rings (SSSR count). The highest BCUT2D eigenvalue weighted by molar-refractivity contribution is 7.98. The summed E-state index contributed by atoms with van der Waals surface area (Å²) >= 11 is 7.92. The van der Waals surface area contributed by atoms with E-state index in [1.165, 1.54) is 38.5 Å². The molecule has 1 heterocycles. The zero-order valence-electron chi connectivity index (χ0n) is 13.7. The number of aryl methyl sites for hydroxylation is 1. The van der Waals surface area contributed by atoms with Crippen LogP contribution in [0.1, 0.15) is 49.9 Å². The Morgan fingerprint density at radius 3 is 2.74 bits per heavy atom. The van der Waals surface area contributed by atoms with Crippen molar-refractivity contribution in [3.05, 3.63) is 40.7 Å². The molecule has 0 radical (unpaired) electrons. The highest BCUT2D eigenvalue weighted by Crippen LogP contribution is 2.28. The highest BCUT2D eigenvalue weighted by atomic mass is 35.5. The molecule has 0 unspecified atom stereocenters. The number of aromatic nitrogens is 3. The summed E-state index contributed by atoms with van der Waals surface area (Å²) in [5, 5.41) is 10.5. The Labute approximate surface area is 147 Å². The molecule has 0 spiro atoms. The lowest BCUT2D eigenvalue weighted by molar-refractivity contribution is 0.336. The fourth-order valence-corrected chi connectivity index (χ4v) is 4.47. The van der Waals surface area contributed by atoms with Gasteiger partial charge in [-0.15, -0.1) is 10.2 Å². The van der Waals surface area contributed by atoms with Crippen molar-refractivity contribution >= 4 is 23.4 Å². The number of rotatable bonds is 6. The first-order chi connectivity index (χ1) is 11.2. The van der Waals surface area contributed by atoms with Gasteiger partial charge < -0.3 is 4.57 Å². The van der Waals surface area contributed by atoms with Crippen molar-refractivity contribution < 1.29 is 0 Å². The van der Waals surface area contributed by atoms with Crippen LogP contribution < -0.4 is 0 Å². The molecule has 0 N–H and O–H groups in total. The van der Waals surface area contributed by atoms with Crippen LogP contribution in [0.3, 0.4) is 0 Å². The predicted octanol–water partition coefficient (Wildman–Crippen LogP) is 5.27. The Balaban J connectivity index is 1.55. The number of hydrogen-bond acceptors (Lipinski definition) is 3. The van der Waals surface area contributed by atoms with Crippen LogP contribution in [0.15, 0.2) is 29.4 Å². The first-order valence-corrected chi connectivity index (χ1v) is 9.85. The maximum absolute atomic E-state index is 6.22. The van der Waals surface area contributed by atoms with Crippen LogP contribution in [0.25, 0.3) is 0 Å². The number of benzene rings is 1. The van der Waals surface area contributed by atoms with E-state index in [4.69, 9.17) is 11.6 Å². The zero-order valence-corrected chi connectivity index (χ0v) is 15.2. The van der Waals surface area contributed by atoms with Gasteiger partial charge in [0.15, 0.2) is 5.16 Å². The van der Waals surface area contributed by atoms with Crippen molar-refractivity contribution in [1.29, 1.82) is 0 Å². The normalized spacial score (nSPS) is 15.9. The molecule has 5 heteroatoms. The van der Waals surface area contributed by atoms with E-state index in [9.17, 15) is 0 Å². The molecule has 1 saturated carbocycles. The number of thioether (sulfide) groups is 1. The molecule has 2 aromatic rings. The molecule has 0 saturated heterocycles. The molecular formula is C18H24ClN3S. The Morgan fingerprint density at radius 1 is 1.17 bits per heavy atom. The second kappa shape index (κ2) is 8.20. The summed E-state index contributed by atoms with van der Waals surface area (Å²) in [6, 6.07) is 7.98. The minimum absolute atomic E-state index is 0.819. The van der Waals surface area contributed by atoms with E-state index < -0.39 is 0 Å². The number of hydrogen-bond donors (Lipinski definition) is 0. The Bertz CT molecular complexity index is 635. The summed E-state index contributed by atoms with van der Waals surface area (Å²) in [7, 11) is 2.07. The van der Waals surface area contributed by atoms with Crippen LogP contribution in [-0.4, -0.2) is 14.8 Å². The standard InChI is InChI=1S/C18H24ClN3S/c1-22-17(12-11-14-7-3-2-4-8-14)20-21-18(22)23-13-15-9-5-6-10-16(15)19/h5-6,9-10,14H,2-4,7-8,11-13H2,1H3. The summed E-state index contributed by atoms with van der Waals surface area (Å²) in [4.78, 5) is 0. The molecule has 1 aromatic heterocycles. The van der Waals surface area contributed by atoms with Gasteiger partial charge in [0, 0.05) is 24.2 Å². The second-order valence-electron chi connectivity index (χ2n) is 6.38. The summed E-state index contributed by atoms with van der Waals surface area (Å²) in [5.41, 5.74) is 1.14.